The first-order chi connectivity index (χ1) is 11.8. The minimum Gasteiger partial charge on any atom is -0.466 e. The number of aromatic nitrogens is 3. The molecule has 0 aliphatic rings. The fraction of sp³-hybridized carbons (Fsp3) is 0.438. The molecule has 0 saturated heterocycles. The lowest BCUT2D eigenvalue weighted by molar-refractivity contribution is -0.142. The molecule has 9 heteroatoms. The highest BCUT2D eigenvalue weighted by Gasteiger charge is 2.20. The average Bonchev–Trinajstić information content (AvgIpc) is 2.93. The first kappa shape index (κ1) is 18.8. The normalized spacial score (nSPS) is 11.8. The minimum absolute atomic E-state index is 0.0518. The molecule has 0 radical (unpaired) electrons. The maximum atomic E-state index is 12.4. The zero-order chi connectivity index (χ0) is 18.6. The highest BCUT2D eigenvalue weighted by molar-refractivity contribution is 7.13. The molecule has 0 spiro atoms. The summed E-state index contributed by atoms with van der Waals surface area (Å²) in [5.41, 5.74) is 1.32. The van der Waals surface area contributed by atoms with Crippen LogP contribution in [-0.4, -0.2) is 33.0 Å². The molecule has 1 amide bonds. The van der Waals surface area contributed by atoms with E-state index in [4.69, 9.17) is 4.74 Å². The zero-order valence-electron chi connectivity index (χ0n) is 14.5. The minimum atomic E-state index is -0.738. The molecule has 1 N–H and O–H groups in total. The van der Waals surface area contributed by atoms with Crippen molar-refractivity contribution in [2.75, 3.05) is 11.9 Å². The Morgan fingerprint density at radius 2 is 2.08 bits per heavy atom. The maximum absolute atomic E-state index is 12.4. The van der Waals surface area contributed by atoms with Crippen LogP contribution in [0.3, 0.4) is 0 Å². The van der Waals surface area contributed by atoms with Gasteiger partial charge in [0.05, 0.1) is 18.7 Å². The number of nitrogens with zero attached hydrogens (tertiary/aromatic N) is 3. The second-order valence-corrected chi connectivity index (χ2v) is 6.34. The Balaban J connectivity index is 2.09. The predicted molar refractivity (Wildman–Crippen MR) is 93.8 cm³/mol. The van der Waals surface area contributed by atoms with Gasteiger partial charge in [0.15, 0.2) is 5.13 Å². The number of carbonyl (C=O) groups is 2. The summed E-state index contributed by atoms with van der Waals surface area (Å²) in [6.07, 6.45) is 0.0518. The second-order valence-electron chi connectivity index (χ2n) is 5.48. The summed E-state index contributed by atoms with van der Waals surface area (Å²) in [7, 11) is 0. The van der Waals surface area contributed by atoms with Crippen molar-refractivity contribution < 1.29 is 14.3 Å². The lowest BCUT2D eigenvalue weighted by Gasteiger charge is -2.16. The smallest absolute Gasteiger partial charge is 0.348 e. The number of hydrogen-bond donors (Lipinski definition) is 1. The zero-order valence-corrected chi connectivity index (χ0v) is 15.3. The van der Waals surface area contributed by atoms with E-state index in [1.54, 1.807) is 39.1 Å². The first-order valence-electron chi connectivity index (χ1n) is 7.79. The highest BCUT2D eigenvalue weighted by atomic mass is 32.1. The average molecular weight is 364 g/mol. The van der Waals surface area contributed by atoms with Crippen molar-refractivity contribution in [2.24, 2.45) is 0 Å². The fourth-order valence-electron chi connectivity index (χ4n) is 2.36. The summed E-state index contributed by atoms with van der Waals surface area (Å²) in [4.78, 5) is 44.0. The number of hydrogen-bond acceptors (Lipinski definition) is 7. The number of esters is 1. The van der Waals surface area contributed by atoms with Gasteiger partial charge in [-0.05, 0) is 33.8 Å². The molecule has 2 heterocycles. The van der Waals surface area contributed by atoms with Gasteiger partial charge >= 0.3 is 11.7 Å². The van der Waals surface area contributed by atoms with E-state index in [2.05, 4.69) is 15.3 Å². The van der Waals surface area contributed by atoms with Crippen molar-refractivity contribution in [1.29, 1.82) is 0 Å². The van der Waals surface area contributed by atoms with E-state index in [-0.39, 0.29) is 18.3 Å². The van der Waals surface area contributed by atoms with Gasteiger partial charge in [0.1, 0.15) is 6.04 Å². The van der Waals surface area contributed by atoms with E-state index in [0.717, 1.165) is 0 Å². The van der Waals surface area contributed by atoms with Crippen LogP contribution in [0.25, 0.3) is 0 Å². The number of nitrogens with one attached hydrogen (secondary N) is 1. The number of ether oxygens (including phenoxy) is 1. The fourth-order valence-corrected chi connectivity index (χ4v) is 3.08. The van der Waals surface area contributed by atoms with Gasteiger partial charge in [-0.25, -0.2) is 9.78 Å². The third kappa shape index (κ3) is 4.72. The molecule has 25 heavy (non-hydrogen) atoms. The molecular weight excluding hydrogens is 344 g/mol. The van der Waals surface area contributed by atoms with E-state index in [1.165, 1.54) is 15.9 Å². The Morgan fingerprint density at radius 3 is 2.72 bits per heavy atom. The molecule has 2 aromatic heterocycles. The number of aryl methyl sites for hydroxylation is 2. The molecule has 0 bridgehead atoms. The van der Waals surface area contributed by atoms with Crippen LogP contribution in [0.5, 0.6) is 0 Å². The molecule has 1 unspecified atom stereocenters. The van der Waals surface area contributed by atoms with E-state index in [0.29, 0.717) is 28.8 Å². The van der Waals surface area contributed by atoms with E-state index >= 15 is 0 Å². The number of thiazole rings is 1. The topological polar surface area (TPSA) is 103 Å². The summed E-state index contributed by atoms with van der Waals surface area (Å²) in [6, 6.07) is 1.00. The van der Waals surface area contributed by atoms with E-state index < -0.39 is 11.7 Å². The van der Waals surface area contributed by atoms with Crippen LogP contribution in [0.15, 0.2) is 16.2 Å². The number of rotatable bonds is 6. The van der Waals surface area contributed by atoms with Crippen LogP contribution >= 0.6 is 11.3 Å². The Labute approximate surface area is 148 Å². The van der Waals surface area contributed by atoms with Gasteiger partial charge < -0.3 is 10.1 Å². The molecule has 0 saturated carbocycles. The molecule has 0 aliphatic carbocycles. The number of amides is 1. The van der Waals surface area contributed by atoms with Gasteiger partial charge in [-0.3, -0.25) is 14.2 Å². The van der Waals surface area contributed by atoms with Crippen LogP contribution in [0, 0.1) is 13.8 Å². The molecular formula is C16H20N4O4S. The molecule has 1 atom stereocenters. The third-order valence-corrected chi connectivity index (χ3v) is 4.26. The van der Waals surface area contributed by atoms with Gasteiger partial charge in [-0.2, -0.15) is 4.98 Å². The lowest BCUT2D eigenvalue weighted by Crippen LogP contribution is -2.34. The van der Waals surface area contributed by atoms with Crippen LogP contribution < -0.4 is 11.0 Å². The van der Waals surface area contributed by atoms with E-state index in [1.807, 2.05) is 0 Å². The van der Waals surface area contributed by atoms with Crippen LogP contribution in [-0.2, 0) is 20.7 Å². The summed E-state index contributed by atoms with van der Waals surface area (Å²) in [5.74, 6) is -0.750. The lowest BCUT2D eigenvalue weighted by atomic mass is 10.2. The van der Waals surface area contributed by atoms with Gasteiger partial charge in [0.2, 0.25) is 5.91 Å². The summed E-state index contributed by atoms with van der Waals surface area (Å²) >= 11 is 1.21. The summed E-state index contributed by atoms with van der Waals surface area (Å²) in [5, 5.41) is 4.71. The summed E-state index contributed by atoms with van der Waals surface area (Å²) in [6.45, 7) is 7.14. The Morgan fingerprint density at radius 1 is 1.36 bits per heavy atom. The monoisotopic (exact) mass is 364 g/mol. The second kappa shape index (κ2) is 8.02. The Bertz CT molecular complexity index is 843. The molecule has 8 nitrogen and oxygen atoms in total. The van der Waals surface area contributed by atoms with E-state index in [9.17, 15) is 14.4 Å². The van der Waals surface area contributed by atoms with Gasteiger partial charge in [0, 0.05) is 16.8 Å². The quantitative estimate of drug-likeness (QED) is 0.781. The van der Waals surface area contributed by atoms with Crippen LogP contribution in [0.1, 0.15) is 37.0 Å². The van der Waals surface area contributed by atoms with Crippen LogP contribution in [0.4, 0.5) is 5.13 Å². The highest BCUT2D eigenvalue weighted by Crippen LogP contribution is 2.18. The third-order valence-electron chi connectivity index (χ3n) is 3.46. The Hall–Kier alpha value is -2.55. The number of carbonyl (C=O) groups excluding carboxylic acids is 2. The summed E-state index contributed by atoms with van der Waals surface area (Å²) < 4.78 is 6.19. The molecule has 134 valence electrons. The van der Waals surface area contributed by atoms with Crippen molar-refractivity contribution in [3.63, 3.8) is 0 Å². The first-order valence-corrected chi connectivity index (χ1v) is 8.67. The van der Waals surface area contributed by atoms with Crippen molar-refractivity contribution in [3.05, 3.63) is 39.0 Å². The number of anilines is 1. The van der Waals surface area contributed by atoms with Crippen molar-refractivity contribution in [2.45, 2.75) is 40.2 Å². The van der Waals surface area contributed by atoms with Crippen molar-refractivity contribution >= 4 is 28.3 Å². The molecule has 0 aromatic carbocycles. The van der Waals surface area contributed by atoms with Gasteiger partial charge in [-0.1, -0.05) is 0 Å². The van der Waals surface area contributed by atoms with Crippen molar-refractivity contribution in [1.82, 2.24) is 14.5 Å². The Kier molecular flexibility index (Phi) is 6.02. The molecule has 2 rings (SSSR count). The van der Waals surface area contributed by atoms with Gasteiger partial charge in [0.25, 0.3) is 0 Å². The van der Waals surface area contributed by atoms with Gasteiger partial charge in [-0.15, -0.1) is 11.3 Å². The predicted octanol–water partition coefficient (Wildman–Crippen LogP) is 1.62. The van der Waals surface area contributed by atoms with Crippen LogP contribution in [0.2, 0.25) is 0 Å². The molecule has 0 fully saturated rings. The largest absolute Gasteiger partial charge is 0.466 e. The van der Waals surface area contributed by atoms with Crippen molar-refractivity contribution in [3.8, 4) is 0 Å². The maximum Gasteiger partial charge on any atom is 0.348 e. The molecule has 2 aromatic rings. The molecule has 0 aliphatic heterocycles. The SMILES string of the molecule is CCOC(=O)Cc1csc(NC(=O)C(C)n2c(C)cc(C)nc2=O)n1. The standard InChI is InChI=1S/C16H20N4O4S/c1-5-24-13(21)7-12-8-25-15(18-12)19-14(22)11(4)20-10(3)6-9(2)17-16(20)23/h6,8,11H,5,7H2,1-4H3,(H,18,19,22).